The third kappa shape index (κ3) is 12.1. The average Bonchev–Trinajstić information content (AvgIpc) is 2.32. The maximum Gasteiger partial charge on any atom is 0.303 e. The van der Waals surface area contributed by atoms with Gasteiger partial charge in [0, 0.05) is 18.1 Å². The molecule has 0 aliphatic heterocycles. The van der Waals surface area contributed by atoms with Crippen molar-refractivity contribution < 1.29 is 19.5 Å². The molecule has 110 valence electrons. The third-order valence-electron chi connectivity index (χ3n) is 2.49. The number of hydrogen-bond donors (Lipinski definition) is 3. The summed E-state index contributed by atoms with van der Waals surface area (Å²) in [6.45, 7) is 0. The van der Waals surface area contributed by atoms with Gasteiger partial charge in [-0.2, -0.15) is 12.6 Å². The van der Waals surface area contributed by atoms with Crippen LogP contribution in [0.25, 0.3) is 0 Å². The van der Waals surface area contributed by atoms with Crippen molar-refractivity contribution in [1.82, 2.24) is 0 Å². The van der Waals surface area contributed by atoms with Crippen LogP contribution in [0.15, 0.2) is 0 Å². The molecule has 0 aromatic heterocycles. The molecule has 0 radical (unpaired) electrons. The van der Waals surface area contributed by atoms with Crippen molar-refractivity contribution in [2.45, 2.75) is 50.2 Å². The van der Waals surface area contributed by atoms with Gasteiger partial charge in [-0.05, 0) is 25.0 Å². The molecule has 1 amide bonds. The topological polar surface area (TPSA) is 97.5 Å². The van der Waals surface area contributed by atoms with Gasteiger partial charge in [0.15, 0.2) is 5.12 Å². The van der Waals surface area contributed by atoms with Gasteiger partial charge in [-0.15, -0.1) is 0 Å². The van der Waals surface area contributed by atoms with Crippen molar-refractivity contribution >= 4 is 41.4 Å². The summed E-state index contributed by atoms with van der Waals surface area (Å²) in [6.07, 6.45) is 3.47. The standard InChI is InChI=1S/C12H21NO4S2/c13-10(14)4-2-1-3-9(7-8-18)19-12(17)6-5-11(15)16/h9,18H,1-8H2,(H2,13,14)(H,15,16)/t9-/m0/s1. The van der Waals surface area contributed by atoms with Gasteiger partial charge in [0.05, 0.1) is 6.42 Å². The average molecular weight is 307 g/mol. The Morgan fingerprint density at radius 2 is 1.79 bits per heavy atom. The Morgan fingerprint density at radius 1 is 1.11 bits per heavy atom. The quantitative estimate of drug-likeness (QED) is 0.400. The van der Waals surface area contributed by atoms with Crippen LogP contribution >= 0.6 is 24.4 Å². The van der Waals surface area contributed by atoms with Crippen molar-refractivity contribution in [2.75, 3.05) is 5.75 Å². The number of carbonyl (C=O) groups excluding carboxylic acids is 2. The van der Waals surface area contributed by atoms with E-state index in [-0.39, 0.29) is 29.1 Å². The number of aliphatic carboxylic acids is 1. The zero-order valence-corrected chi connectivity index (χ0v) is 12.5. The zero-order valence-electron chi connectivity index (χ0n) is 10.8. The molecule has 0 saturated heterocycles. The number of carbonyl (C=O) groups is 3. The number of primary amides is 1. The van der Waals surface area contributed by atoms with E-state index in [4.69, 9.17) is 10.8 Å². The molecule has 19 heavy (non-hydrogen) atoms. The van der Waals surface area contributed by atoms with Crippen LogP contribution in [0.1, 0.15) is 44.9 Å². The van der Waals surface area contributed by atoms with Crippen molar-refractivity contribution in [1.29, 1.82) is 0 Å². The van der Waals surface area contributed by atoms with Gasteiger partial charge in [0.1, 0.15) is 0 Å². The van der Waals surface area contributed by atoms with Crippen LogP contribution in [0.3, 0.4) is 0 Å². The van der Waals surface area contributed by atoms with E-state index in [1.54, 1.807) is 0 Å². The summed E-state index contributed by atoms with van der Waals surface area (Å²) in [6, 6.07) is 0. The fourth-order valence-corrected chi connectivity index (χ4v) is 3.13. The monoisotopic (exact) mass is 307 g/mol. The number of nitrogens with two attached hydrogens (primary N) is 1. The Balaban J connectivity index is 3.92. The molecule has 0 unspecified atom stereocenters. The largest absolute Gasteiger partial charge is 0.481 e. The summed E-state index contributed by atoms with van der Waals surface area (Å²) in [7, 11) is 0. The summed E-state index contributed by atoms with van der Waals surface area (Å²) >= 11 is 5.35. The van der Waals surface area contributed by atoms with E-state index < -0.39 is 5.97 Å². The first-order chi connectivity index (χ1) is 8.95. The molecule has 0 heterocycles. The molecule has 0 aliphatic rings. The Morgan fingerprint density at radius 3 is 2.32 bits per heavy atom. The predicted octanol–water partition coefficient (Wildman–Crippen LogP) is 1.85. The van der Waals surface area contributed by atoms with E-state index in [0.717, 1.165) is 25.7 Å². The first-order valence-electron chi connectivity index (χ1n) is 6.26. The predicted molar refractivity (Wildman–Crippen MR) is 79.4 cm³/mol. The number of rotatable bonds is 11. The van der Waals surface area contributed by atoms with Gasteiger partial charge in [0.25, 0.3) is 0 Å². The maximum atomic E-state index is 11.6. The minimum Gasteiger partial charge on any atom is -0.481 e. The molecule has 7 heteroatoms. The van der Waals surface area contributed by atoms with Gasteiger partial charge >= 0.3 is 5.97 Å². The van der Waals surface area contributed by atoms with Crippen LogP contribution in [0, 0.1) is 0 Å². The lowest BCUT2D eigenvalue weighted by Gasteiger charge is -2.14. The van der Waals surface area contributed by atoms with Crippen LogP contribution in [0.2, 0.25) is 0 Å². The highest BCUT2D eigenvalue weighted by Gasteiger charge is 2.15. The van der Waals surface area contributed by atoms with Gasteiger partial charge in [0.2, 0.25) is 5.91 Å². The summed E-state index contributed by atoms with van der Waals surface area (Å²) in [5.41, 5.74) is 5.05. The highest BCUT2D eigenvalue weighted by Crippen LogP contribution is 2.24. The van der Waals surface area contributed by atoms with E-state index in [0.29, 0.717) is 12.2 Å². The smallest absolute Gasteiger partial charge is 0.303 e. The molecule has 0 rings (SSSR count). The number of unbranched alkanes of at least 4 members (excludes halogenated alkanes) is 1. The number of amides is 1. The molecule has 0 spiro atoms. The second-order valence-corrected chi connectivity index (χ2v) is 6.03. The molecular weight excluding hydrogens is 286 g/mol. The van der Waals surface area contributed by atoms with Gasteiger partial charge in [-0.1, -0.05) is 18.2 Å². The van der Waals surface area contributed by atoms with Crippen LogP contribution in [-0.2, 0) is 14.4 Å². The van der Waals surface area contributed by atoms with Crippen LogP contribution in [0.5, 0.6) is 0 Å². The zero-order chi connectivity index (χ0) is 14.7. The SMILES string of the molecule is NC(=O)CCCC[C@@H](CCS)SC(=O)CCC(=O)O. The van der Waals surface area contributed by atoms with Crippen LogP contribution < -0.4 is 5.73 Å². The number of hydrogen-bond acceptors (Lipinski definition) is 5. The molecule has 0 bridgehead atoms. The van der Waals surface area contributed by atoms with E-state index >= 15 is 0 Å². The van der Waals surface area contributed by atoms with E-state index in [2.05, 4.69) is 12.6 Å². The van der Waals surface area contributed by atoms with Crippen molar-refractivity contribution in [3.8, 4) is 0 Å². The summed E-state index contributed by atoms with van der Waals surface area (Å²) in [5.74, 6) is -0.586. The number of thioether (sulfide) groups is 1. The van der Waals surface area contributed by atoms with Gasteiger partial charge < -0.3 is 10.8 Å². The second kappa shape index (κ2) is 11.2. The Hall–Kier alpha value is -0.690. The minimum atomic E-state index is -0.957. The first kappa shape index (κ1) is 18.3. The van der Waals surface area contributed by atoms with Crippen LogP contribution in [-0.4, -0.2) is 33.1 Å². The lowest BCUT2D eigenvalue weighted by atomic mass is 10.1. The molecule has 3 N–H and O–H groups in total. The van der Waals surface area contributed by atoms with E-state index in [1.165, 1.54) is 11.8 Å². The highest BCUT2D eigenvalue weighted by atomic mass is 32.2. The van der Waals surface area contributed by atoms with Crippen molar-refractivity contribution in [2.24, 2.45) is 5.73 Å². The molecule has 1 atom stereocenters. The fraction of sp³-hybridized carbons (Fsp3) is 0.750. The fourth-order valence-electron chi connectivity index (χ4n) is 1.53. The minimum absolute atomic E-state index is 0.0599. The van der Waals surface area contributed by atoms with Crippen LogP contribution in [0.4, 0.5) is 0 Å². The van der Waals surface area contributed by atoms with Gasteiger partial charge in [-0.3, -0.25) is 14.4 Å². The summed E-state index contributed by atoms with van der Waals surface area (Å²) in [5, 5.41) is 8.56. The lowest BCUT2D eigenvalue weighted by Crippen LogP contribution is -2.12. The van der Waals surface area contributed by atoms with Gasteiger partial charge in [-0.25, -0.2) is 0 Å². The molecule has 0 aromatic rings. The second-order valence-electron chi connectivity index (χ2n) is 4.23. The Labute approximate surface area is 123 Å². The number of carboxylic acid groups (broad SMARTS) is 1. The number of thiol groups is 1. The van der Waals surface area contributed by atoms with E-state index in [9.17, 15) is 14.4 Å². The molecule has 0 saturated carbocycles. The molecule has 0 aliphatic carbocycles. The summed E-state index contributed by atoms with van der Waals surface area (Å²) in [4.78, 5) is 32.5. The molecule has 5 nitrogen and oxygen atoms in total. The first-order valence-corrected chi connectivity index (χ1v) is 7.77. The summed E-state index contributed by atoms with van der Waals surface area (Å²) < 4.78 is 0. The molecular formula is C12H21NO4S2. The highest BCUT2D eigenvalue weighted by molar-refractivity contribution is 8.14. The third-order valence-corrected chi connectivity index (χ3v) is 4.02. The lowest BCUT2D eigenvalue weighted by molar-refractivity contribution is -0.138. The Kier molecular flexibility index (Phi) is 10.8. The van der Waals surface area contributed by atoms with Crippen molar-refractivity contribution in [3.05, 3.63) is 0 Å². The maximum absolute atomic E-state index is 11.6. The van der Waals surface area contributed by atoms with E-state index in [1.807, 2.05) is 0 Å². The number of carboxylic acids is 1. The van der Waals surface area contributed by atoms with Crippen molar-refractivity contribution in [3.63, 3.8) is 0 Å². The normalized spacial score (nSPS) is 12.1. The molecule has 0 aromatic carbocycles. The Bertz CT molecular complexity index is 310. The molecule has 0 fully saturated rings.